The van der Waals surface area contributed by atoms with Gasteiger partial charge in [0, 0.05) is 12.8 Å². The van der Waals surface area contributed by atoms with Crippen LogP contribution in [0.15, 0.2) is 60.8 Å². The SMILES string of the molecule is CC/C=C/C=C/C=C/CCCCCCCCCC(=O)NC(COP(=O)([O-])OCC[N+](C)(C)C)C(/C=C/CCCCCCCCCCCC)OC(=O)CCCCC/C=C\CCCCCCCCC. The summed E-state index contributed by atoms with van der Waals surface area (Å²) in [5.74, 6) is -0.574. The van der Waals surface area contributed by atoms with Crippen molar-refractivity contribution in [3.63, 3.8) is 0 Å². The molecular weight excluding hydrogens is 856 g/mol. The fourth-order valence-corrected chi connectivity index (χ4v) is 8.41. The highest BCUT2D eigenvalue weighted by molar-refractivity contribution is 7.45. The summed E-state index contributed by atoms with van der Waals surface area (Å²) in [5, 5.41) is 3.00. The zero-order chi connectivity index (χ0) is 49.4. The summed E-state index contributed by atoms with van der Waals surface area (Å²) in [7, 11) is 1.16. The van der Waals surface area contributed by atoms with Crippen LogP contribution in [0.2, 0.25) is 0 Å². The van der Waals surface area contributed by atoms with Crippen LogP contribution in [0.1, 0.15) is 239 Å². The molecule has 390 valence electrons. The van der Waals surface area contributed by atoms with Gasteiger partial charge in [-0.2, -0.15) is 0 Å². The Bertz CT molecular complexity index is 1340. The van der Waals surface area contributed by atoms with Crippen LogP contribution in [-0.2, 0) is 27.9 Å². The third-order valence-electron chi connectivity index (χ3n) is 12.0. The molecule has 3 atom stereocenters. The summed E-state index contributed by atoms with van der Waals surface area (Å²) < 4.78 is 30.2. The average molecular weight is 961 g/mol. The molecule has 0 saturated heterocycles. The first-order valence-electron chi connectivity index (χ1n) is 27.6. The molecule has 0 fully saturated rings. The zero-order valence-electron chi connectivity index (χ0n) is 44.3. The molecule has 0 rings (SSSR count). The van der Waals surface area contributed by atoms with E-state index in [0.717, 1.165) is 83.5 Å². The molecule has 0 aromatic heterocycles. The zero-order valence-corrected chi connectivity index (χ0v) is 45.2. The van der Waals surface area contributed by atoms with E-state index in [1.807, 2.05) is 33.3 Å². The van der Waals surface area contributed by atoms with Gasteiger partial charge in [-0.15, -0.1) is 0 Å². The van der Waals surface area contributed by atoms with Crippen LogP contribution < -0.4 is 10.2 Å². The van der Waals surface area contributed by atoms with E-state index in [-0.39, 0.29) is 24.9 Å². The van der Waals surface area contributed by atoms with E-state index in [0.29, 0.717) is 23.9 Å². The van der Waals surface area contributed by atoms with Crippen LogP contribution in [-0.4, -0.2) is 69.4 Å². The van der Waals surface area contributed by atoms with Gasteiger partial charge in [0.25, 0.3) is 7.82 Å². The number of phosphoric acid groups is 1. The predicted octanol–water partition coefficient (Wildman–Crippen LogP) is 15.7. The molecule has 3 unspecified atom stereocenters. The van der Waals surface area contributed by atoms with Gasteiger partial charge in [0.15, 0.2) is 0 Å². The number of carbonyl (C=O) groups excluding carboxylic acids is 2. The number of allylic oxidation sites excluding steroid dienone is 9. The molecule has 67 heavy (non-hydrogen) atoms. The lowest BCUT2D eigenvalue weighted by Gasteiger charge is -2.30. The summed E-state index contributed by atoms with van der Waals surface area (Å²) in [6, 6.07) is -0.900. The third kappa shape index (κ3) is 48.5. The van der Waals surface area contributed by atoms with Gasteiger partial charge < -0.3 is 28.5 Å². The van der Waals surface area contributed by atoms with Crippen LogP contribution in [0, 0.1) is 0 Å². The van der Waals surface area contributed by atoms with E-state index in [1.54, 1.807) is 0 Å². The molecule has 0 aliphatic heterocycles. The number of ether oxygens (including phenoxy) is 1. The van der Waals surface area contributed by atoms with Crippen LogP contribution in [0.25, 0.3) is 0 Å². The Morgan fingerprint density at radius 2 is 0.970 bits per heavy atom. The van der Waals surface area contributed by atoms with Crippen molar-refractivity contribution in [1.82, 2.24) is 5.32 Å². The van der Waals surface area contributed by atoms with Gasteiger partial charge in [0.05, 0.1) is 33.8 Å². The maximum absolute atomic E-state index is 13.4. The Balaban J connectivity index is 5.43. The van der Waals surface area contributed by atoms with Crippen LogP contribution >= 0.6 is 7.82 Å². The molecule has 0 aliphatic carbocycles. The molecule has 10 heteroatoms. The Kier molecular flexibility index (Phi) is 45.8. The van der Waals surface area contributed by atoms with E-state index in [2.05, 4.69) is 74.7 Å². The van der Waals surface area contributed by atoms with Gasteiger partial charge in [0.2, 0.25) is 5.91 Å². The quantitative estimate of drug-likeness (QED) is 0.0161. The molecule has 0 spiro atoms. The first-order chi connectivity index (χ1) is 32.4. The molecule has 0 aromatic carbocycles. The number of unbranched alkanes of at least 4 members (excludes halogenated alkanes) is 27. The number of phosphoric ester groups is 1. The van der Waals surface area contributed by atoms with Gasteiger partial charge in [-0.1, -0.05) is 210 Å². The van der Waals surface area contributed by atoms with Gasteiger partial charge in [-0.3, -0.25) is 14.2 Å². The fourth-order valence-electron chi connectivity index (χ4n) is 7.69. The maximum Gasteiger partial charge on any atom is 0.306 e. The van der Waals surface area contributed by atoms with Crippen molar-refractivity contribution in [2.45, 2.75) is 251 Å². The number of hydrogen-bond acceptors (Lipinski definition) is 7. The van der Waals surface area contributed by atoms with Crippen molar-refractivity contribution >= 4 is 19.7 Å². The van der Waals surface area contributed by atoms with Gasteiger partial charge in [-0.25, -0.2) is 0 Å². The van der Waals surface area contributed by atoms with Gasteiger partial charge in [0.1, 0.15) is 19.3 Å². The molecule has 0 bridgehead atoms. The third-order valence-corrected chi connectivity index (χ3v) is 13.0. The van der Waals surface area contributed by atoms with Crippen LogP contribution in [0.3, 0.4) is 0 Å². The van der Waals surface area contributed by atoms with Crippen LogP contribution in [0.4, 0.5) is 0 Å². The number of carbonyl (C=O) groups is 2. The van der Waals surface area contributed by atoms with Crippen molar-refractivity contribution in [1.29, 1.82) is 0 Å². The first-order valence-corrected chi connectivity index (χ1v) is 29.1. The smallest absolute Gasteiger partial charge is 0.306 e. The number of esters is 1. The van der Waals surface area contributed by atoms with Crippen molar-refractivity contribution in [2.24, 2.45) is 0 Å². The second-order valence-corrected chi connectivity index (χ2v) is 21.2. The van der Waals surface area contributed by atoms with Gasteiger partial charge >= 0.3 is 5.97 Å². The summed E-state index contributed by atoms with van der Waals surface area (Å²) in [6.45, 7) is 6.68. The highest BCUT2D eigenvalue weighted by Crippen LogP contribution is 2.38. The number of nitrogens with one attached hydrogen (secondary N) is 1. The maximum atomic E-state index is 13.4. The largest absolute Gasteiger partial charge is 0.756 e. The Morgan fingerprint density at radius 3 is 1.48 bits per heavy atom. The molecule has 0 aliphatic rings. The van der Waals surface area contributed by atoms with E-state index in [1.165, 1.54) is 116 Å². The lowest BCUT2D eigenvalue weighted by molar-refractivity contribution is -0.870. The summed E-state index contributed by atoms with van der Waals surface area (Å²) >= 11 is 0. The predicted molar refractivity (Wildman–Crippen MR) is 284 cm³/mol. The summed E-state index contributed by atoms with van der Waals surface area (Å²) in [6.07, 6.45) is 57.5. The molecule has 0 radical (unpaired) electrons. The monoisotopic (exact) mass is 961 g/mol. The fraction of sp³-hybridized carbons (Fsp3) is 0.789. The van der Waals surface area contributed by atoms with E-state index in [9.17, 15) is 19.0 Å². The molecule has 1 N–H and O–H groups in total. The normalized spacial score (nSPS) is 14.3. The summed E-state index contributed by atoms with van der Waals surface area (Å²) in [5.41, 5.74) is 0. The first kappa shape index (κ1) is 64.7. The van der Waals surface area contributed by atoms with Crippen molar-refractivity contribution in [2.75, 3.05) is 40.9 Å². The molecule has 1 amide bonds. The molecule has 9 nitrogen and oxygen atoms in total. The Morgan fingerprint density at radius 1 is 0.537 bits per heavy atom. The number of amides is 1. The van der Waals surface area contributed by atoms with Crippen molar-refractivity contribution in [3.05, 3.63) is 60.8 Å². The van der Waals surface area contributed by atoms with Crippen molar-refractivity contribution < 1.29 is 37.3 Å². The number of quaternary nitrogens is 1. The number of rotatable bonds is 49. The van der Waals surface area contributed by atoms with Crippen molar-refractivity contribution in [3.8, 4) is 0 Å². The second kappa shape index (κ2) is 47.4. The standard InChI is InChI=1S/C57H105N2O7P/c1-7-10-13-16-19-22-25-28-30-31-34-37-40-43-46-49-56(60)58-54(53-65-67(62,63)64-52-51-59(4,5)6)55(48-45-42-39-36-33-27-24-21-18-15-12-9-3)66-57(61)50-47-44-41-38-35-32-29-26-23-20-17-14-11-8-2/h10,13,16,19,22,25,32,35,45,48,54-55H,7-9,11-12,14-15,17-18,20-21,23-24,26-31,33-34,36-44,46-47,49-53H2,1-6H3,(H-,58,60,62,63)/b13-10+,19-16+,25-22+,35-32-,48-45+. The minimum atomic E-state index is -4.70. The molecule has 0 heterocycles. The topological polar surface area (TPSA) is 114 Å². The second-order valence-electron chi connectivity index (χ2n) is 19.8. The Hall–Kier alpha value is -2.29. The lowest BCUT2D eigenvalue weighted by Crippen LogP contribution is -2.47. The highest BCUT2D eigenvalue weighted by Gasteiger charge is 2.27. The number of hydrogen-bond donors (Lipinski definition) is 1. The molecular formula is C57H105N2O7P. The van der Waals surface area contributed by atoms with E-state index >= 15 is 0 Å². The van der Waals surface area contributed by atoms with E-state index in [4.69, 9.17) is 13.8 Å². The highest BCUT2D eigenvalue weighted by atomic mass is 31.2. The van der Waals surface area contributed by atoms with Crippen LogP contribution in [0.5, 0.6) is 0 Å². The lowest BCUT2D eigenvalue weighted by atomic mass is 10.0. The average Bonchev–Trinajstić information content (AvgIpc) is 3.28. The van der Waals surface area contributed by atoms with Gasteiger partial charge in [-0.05, 0) is 76.7 Å². The van der Waals surface area contributed by atoms with E-state index < -0.39 is 26.6 Å². The molecule has 0 saturated carbocycles. The minimum Gasteiger partial charge on any atom is -0.756 e. The number of likely N-dealkylation sites (N-methyl/N-ethyl adjacent to an activating group) is 1. The minimum absolute atomic E-state index is 0.0285. The molecule has 0 aromatic rings. The Labute approximate surface area is 413 Å². The number of nitrogens with zero attached hydrogens (tertiary/aromatic N) is 1. The summed E-state index contributed by atoms with van der Waals surface area (Å²) in [4.78, 5) is 39.8.